The van der Waals surface area contributed by atoms with Gasteiger partial charge in [0.1, 0.15) is 17.0 Å². The third-order valence-electron chi connectivity index (χ3n) is 2.59. The summed E-state index contributed by atoms with van der Waals surface area (Å²) in [6.45, 7) is 0. The molecule has 4 nitrogen and oxygen atoms in total. The van der Waals surface area contributed by atoms with Gasteiger partial charge < -0.3 is 14.7 Å². The Morgan fingerprint density at radius 3 is 2.35 bits per heavy atom. The van der Waals surface area contributed by atoms with E-state index in [1.807, 2.05) is 0 Å². The predicted molar refractivity (Wildman–Crippen MR) is 62.8 cm³/mol. The van der Waals surface area contributed by atoms with Crippen molar-refractivity contribution in [1.82, 2.24) is 5.16 Å². The number of nitrogens with zero attached hydrogens (tertiary/aromatic N) is 1. The molecule has 3 rings (SSSR count). The maximum atomic E-state index is 9.33. The molecule has 0 atom stereocenters. The van der Waals surface area contributed by atoms with E-state index in [0.29, 0.717) is 11.3 Å². The van der Waals surface area contributed by atoms with Crippen LogP contribution in [0.5, 0.6) is 11.5 Å². The van der Waals surface area contributed by atoms with Crippen LogP contribution >= 0.6 is 0 Å². The summed E-state index contributed by atoms with van der Waals surface area (Å²) in [6, 6.07) is 11.6. The maximum absolute atomic E-state index is 9.33. The average molecular weight is 227 g/mol. The number of hydrogen-bond donors (Lipinski definition) is 2. The lowest BCUT2D eigenvalue weighted by atomic mass is 10.1. The standard InChI is InChI=1S/C13H9NO3/c15-9-3-1-8(2-4-9)13-11-6-5-10(16)7-12(11)14-17-13/h1-7,15-16H. The lowest BCUT2D eigenvalue weighted by molar-refractivity contribution is 0.439. The zero-order chi connectivity index (χ0) is 11.8. The molecule has 0 spiro atoms. The van der Waals surface area contributed by atoms with Gasteiger partial charge in [0.2, 0.25) is 0 Å². The van der Waals surface area contributed by atoms with Gasteiger partial charge in [0.15, 0.2) is 5.76 Å². The lowest BCUT2D eigenvalue weighted by Crippen LogP contribution is -1.74. The van der Waals surface area contributed by atoms with Gasteiger partial charge in [0.05, 0.1) is 0 Å². The van der Waals surface area contributed by atoms with Crippen LogP contribution in [0.4, 0.5) is 0 Å². The van der Waals surface area contributed by atoms with E-state index in [2.05, 4.69) is 5.16 Å². The van der Waals surface area contributed by atoms with E-state index in [-0.39, 0.29) is 11.5 Å². The largest absolute Gasteiger partial charge is 0.508 e. The second kappa shape index (κ2) is 3.52. The van der Waals surface area contributed by atoms with E-state index in [1.54, 1.807) is 42.5 Å². The maximum Gasteiger partial charge on any atom is 0.174 e. The first-order chi connectivity index (χ1) is 8.24. The predicted octanol–water partition coefficient (Wildman–Crippen LogP) is 2.91. The molecule has 0 saturated carbocycles. The molecule has 0 fully saturated rings. The zero-order valence-electron chi connectivity index (χ0n) is 8.79. The van der Waals surface area contributed by atoms with Crippen LogP contribution in [0.3, 0.4) is 0 Å². The summed E-state index contributed by atoms with van der Waals surface area (Å²) >= 11 is 0. The molecule has 4 heteroatoms. The second-order valence-electron chi connectivity index (χ2n) is 3.76. The van der Waals surface area contributed by atoms with Gasteiger partial charge in [0, 0.05) is 17.0 Å². The van der Waals surface area contributed by atoms with Crippen molar-refractivity contribution in [3.63, 3.8) is 0 Å². The number of phenolic OH excluding ortho intramolecular Hbond substituents is 2. The molecule has 84 valence electrons. The SMILES string of the molecule is Oc1ccc(-c2onc3cc(O)ccc23)cc1. The number of hydrogen-bond acceptors (Lipinski definition) is 4. The first-order valence-electron chi connectivity index (χ1n) is 5.12. The third kappa shape index (κ3) is 1.59. The van der Waals surface area contributed by atoms with Crippen LogP contribution in [0.25, 0.3) is 22.2 Å². The molecular formula is C13H9NO3. The van der Waals surface area contributed by atoms with Gasteiger partial charge >= 0.3 is 0 Å². The number of fused-ring (bicyclic) bond motifs is 1. The highest BCUT2D eigenvalue weighted by Crippen LogP contribution is 2.31. The summed E-state index contributed by atoms with van der Waals surface area (Å²) in [5.74, 6) is 0.985. The Bertz CT molecular complexity index is 671. The first-order valence-corrected chi connectivity index (χ1v) is 5.12. The highest BCUT2D eigenvalue weighted by atomic mass is 16.5. The Morgan fingerprint density at radius 1 is 0.882 bits per heavy atom. The Labute approximate surface area is 96.7 Å². The van der Waals surface area contributed by atoms with Gasteiger partial charge in [-0.2, -0.15) is 0 Å². The van der Waals surface area contributed by atoms with Crippen molar-refractivity contribution >= 4 is 10.9 Å². The summed E-state index contributed by atoms with van der Waals surface area (Å²) in [4.78, 5) is 0. The van der Waals surface area contributed by atoms with E-state index in [9.17, 15) is 10.2 Å². The summed E-state index contributed by atoms with van der Waals surface area (Å²) in [7, 11) is 0. The van der Waals surface area contributed by atoms with Gasteiger partial charge in [-0.3, -0.25) is 0 Å². The highest BCUT2D eigenvalue weighted by molar-refractivity contribution is 5.92. The first kappa shape index (κ1) is 9.72. The molecule has 0 bridgehead atoms. The van der Waals surface area contributed by atoms with Gasteiger partial charge in [-0.25, -0.2) is 0 Å². The normalized spacial score (nSPS) is 10.8. The lowest BCUT2D eigenvalue weighted by Gasteiger charge is -1.97. The van der Waals surface area contributed by atoms with Crippen molar-refractivity contribution in [2.45, 2.75) is 0 Å². The van der Waals surface area contributed by atoms with Crippen LogP contribution in [-0.4, -0.2) is 15.4 Å². The molecular weight excluding hydrogens is 218 g/mol. The fraction of sp³-hybridized carbons (Fsp3) is 0. The zero-order valence-corrected chi connectivity index (χ0v) is 8.79. The molecule has 3 aromatic rings. The van der Waals surface area contributed by atoms with E-state index < -0.39 is 0 Å². The van der Waals surface area contributed by atoms with E-state index in [0.717, 1.165) is 10.9 Å². The van der Waals surface area contributed by atoms with E-state index in [1.165, 1.54) is 0 Å². The quantitative estimate of drug-likeness (QED) is 0.670. The minimum atomic E-state index is 0.156. The van der Waals surface area contributed by atoms with Gasteiger partial charge in [-0.05, 0) is 36.4 Å². The van der Waals surface area contributed by atoms with Crippen LogP contribution < -0.4 is 0 Å². The van der Waals surface area contributed by atoms with Crippen LogP contribution in [0.2, 0.25) is 0 Å². The molecule has 0 radical (unpaired) electrons. The highest BCUT2D eigenvalue weighted by Gasteiger charge is 2.10. The molecule has 1 aromatic heterocycles. The number of aromatic nitrogens is 1. The molecule has 0 aliphatic heterocycles. The smallest absolute Gasteiger partial charge is 0.174 e. The van der Waals surface area contributed by atoms with Crippen molar-refractivity contribution in [3.8, 4) is 22.8 Å². The van der Waals surface area contributed by atoms with Gasteiger partial charge in [-0.15, -0.1) is 0 Å². The fourth-order valence-electron chi connectivity index (χ4n) is 1.75. The van der Waals surface area contributed by atoms with Crippen LogP contribution in [0, 0.1) is 0 Å². The molecule has 0 aliphatic rings. The Balaban J connectivity index is 2.21. The topological polar surface area (TPSA) is 66.5 Å². The molecule has 0 saturated heterocycles. The van der Waals surface area contributed by atoms with Crippen LogP contribution in [0.15, 0.2) is 47.0 Å². The molecule has 0 amide bonds. The number of benzene rings is 2. The van der Waals surface area contributed by atoms with Gasteiger partial charge in [-0.1, -0.05) is 5.16 Å². The minimum absolute atomic E-state index is 0.156. The summed E-state index contributed by atoms with van der Waals surface area (Å²) in [6.07, 6.45) is 0. The number of aromatic hydroxyl groups is 2. The van der Waals surface area contributed by atoms with Crippen LogP contribution in [-0.2, 0) is 0 Å². The Morgan fingerprint density at radius 2 is 1.59 bits per heavy atom. The van der Waals surface area contributed by atoms with E-state index in [4.69, 9.17) is 4.52 Å². The molecule has 2 N–H and O–H groups in total. The Kier molecular flexibility index (Phi) is 2.01. The number of phenols is 2. The Hall–Kier alpha value is -2.49. The summed E-state index contributed by atoms with van der Waals surface area (Å²) in [5.41, 5.74) is 1.43. The van der Waals surface area contributed by atoms with Crippen LogP contribution in [0.1, 0.15) is 0 Å². The fourth-order valence-corrected chi connectivity index (χ4v) is 1.75. The second-order valence-corrected chi connectivity index (χ2v) is 3.76. The third-order valence-corrected chi connectivity index (χ3v) is 2.59. The molecule has 0 aliphatic carbocycles. The van der Waals surface area contributed by atoms with Crippen molar-refractivity contribution in [2.24, 2.45) is 0 Å². The van der Waals surface area contributed by atoms with Crippen molar-refractivity contribution in [3.05, 3.63) is 42.5 Å². The average Bonchev–Trinajstić information content (AvgIpc) is 2.73. The van der Waals surface area contributed by atoms with E-state index >= 15 is 0 Å². The van der Waals surface area contributed by atoms with Crippen molar-refractivity contribution in [1.29, 1.82) is 0 Å². The minimum Gasteiger partial charge on any atom is -0.508 e. The molecule has 17 heavy (non-hydrogen) atoms. The molecule has 2 aromatic carbocycles. The number of rotatable bonds is 1. The van der Waals surface area contributed by atoms with Crippen molar-refractivity contribution < 1.29 is 14.7 Å². The van der Waals surface area contributed by atoms with Crippen molar-refractivity contribution in [2.75, 3.05) is 0 Å². The molecule has 1 heterocycles. The molecule has 0 unspecified atom stereocenters. The summed E-state index contributed by atoms with van der Waals surface area (Å²) in [5, 5.41) is 23.3. The summed E-state index contributed by atoms with van der Waals surface area (Å²) < 4.78 is 5.25. The monoisotopic (exact) mass is 227 g/mol. The van der Waals surface area contributed by atoms with Gasteiger partial charge in [0.25, 0.3) is 0 Å².